The SMILES string of the molecule is O=C(NCC(C1CCOC1)N1CCOCC1)Nc1ccncc1. The summed E-state index contributed by atoms with van der Waals surface area (Å²) in [6.45, 7) is 5.54. The van der Waals surface area contributed by atoms with Crippen molar-refractivity contribution in [1.29, 1.82) is 0 Å². The number of nitrogens with zero attached hydrogens (tertiary/aromatic N) is 2. The van der Waals surface area contributed by atoms with Gasteiger partial charge < -0.3 is 20.1 Å². The lowest BCUT2D eigenvalue weighted by Crippen LogP contribution is -2.52. The number of ether oxygens (including phenoxy) is 2. The number of aromatic nitrogens is 1. The average Bonchev–Trinajstić information content (AvgIpc) is 3.11. The van der Waals surface area contributed by atoms with Crippen molar-refractivity contribution >= 4 is 11.7 Å². The molecule has 3 heterocycles. The van der Waals surface area contributed by atoms with Crippen LogP contribution in [0, 0.1) is 5.92 Å². The van der Waals surface area contributed by atoms with E-state index in [2.05, 4.69) is 20.5 Å². The van der Waals surface area contributed by atoms with Crippen LogP contribution in [0.1, 0.15) is 6.42 Å². The first-order valence-corrected chi connectivity index (χ1v) is 8.17. The summed E-state index contributed by atoms with van der Waals surface area (Å²) in [6.07, 6.45) is 4.36. The van der Waals surface area contributed by atoms with E-state index in [1.165, 1.54) is 0 Å². The second-order valence-corrected chi connectivity index (χ2v) is 5.91. The standard InChI is InChI=1S/C16H24N4O3/c21-16(19-14-1-4-17-5-2-14)18-11-15(13-3-8-23-12-13)20-6-9-22-10-7-20/h1-2,4-5,13,15H,3,6-12H2,(H2,17,18,19,21). The fourth-order valence-electron chi connectivity index (χ4n) is 3.17. The summed E-state index contributed by atoms with van der Waals surface area (Å²) in [5, 5.41) is 5.82. The highest BCUT2D eigenvalue weighted by atomic mass is 16.5. The molecule has 2 fully saturated rings. The van der Waals surface area contributed by atoms with Crippen LogP contribution < -0.4 is 10.6 Å². The van der Waals surface area contributed by atoms with Crippen molar-refractivity contribution in [3.05, 3.63) is 24.5 Å². The highest BCUT2D eigenvalue weighted by molar-refractivity contribution is 5.89. The Labute approximate surface area is 136 Å². The lowest BCUT2D eigenvalue weighted by Gasteiger charge is -2.37. The van der Waals surface area contributed by atoms with Gasteiger partial charge >= 0.3 is 6.03 Å². The number of anilines is 1. The number of morpholine rings is 1. The Morgan fingerprint density at radius 3 is 2.74 bits per heavy atom. The van der Waals surface area contributed by atoms with E-state index in [4.69, 9.17) is 9.47 Å². The van der Waals surface area contributed by atoms with Crippen LogP contribution in [-0.4, -0.2) is 68.0 Å². The predicted octanol–water partition coefficient (Wildman–Crippen LogP) is 0.940. The van der Waals surface area contributed by atoms with E-state index in [1.807, 2.05) is 0 Å². The van der Waals surface area contributed by atoms with E-state index < -0.39 is 0 Å². The van der Waals surface area contributed by atoms with Crippen LogP contribution in [0.3, 0.4) is 0 Å². The van der Waals surface area contributed by atoms with Gasteiger partial charge in [0.2, 0.25) is 0 Å². The van der Waals surface area contributed by atoms with E-state index in [1.54, 1.807) is 24.5 Å². The molecule has 2 aliphatic heterocycles. The van der Waals surface area contributed by atoms with Crippen molar-refractivity contribution in [3.63, 3.8) is 0 Å². The normalized spacial score (nSPS) is 23.4. The molecule has 0 spiro atoms. The van der Waals surface area contributed by atoms with Gasteiger partial charge in [-0.1, -0.05) is 0 Å². The zero-order chi connectivity index (χ0) is 15.9. The minimum atomic E-state index is -0.187. The van der Waals surface area contributed by atoms with Gasteiger partial charge in [0, 0.05) is 56.3 Å². The minimum absolute atomic E-state index is 0.187. The lowest BCUT2D eigenvalue weighted by atomic mass is 9.97. The third-order valence-corrected chi connectivity index (χ3v) is 4.43. The van der Waals surface area contributed by atoms with Gasteiger partial charge in [0.1, 0.15) is 0 Å². The molecule has 0 bridgehead atoms. The molecule has 1 aromatic heterocycles. The smallest absolute Gasteiger partial charge is 0.319 e. The maximum Gasteiger partial charge on any atom is 0.319 e. The maximum absolute atomic E-state index is 12.1. The van der Waals surface area contributed by atoms with Crippen LogP contribution in [0.5, 0.6) is 0 Å². The van der Waals surface area contributed by atoms with Crippen LogP contribution in [-0.2, 0) is 9.47 Å². The number of carbonyl (C=O) groups is 1. The number of carbonyl (C=O) groups excluding carboxylic acids is 1. The van der Waals surface area contributed by atoms with Gasteiger partial charge in [0.15, 0.2) is 0 Å². The Balaban J connectivity index is 1.54. The van der Waals surface area contributed by atoms with Crippen molar-refractivity contribution in [2.75, 3.05) is 51.4 Å². The second kappa shape index (κ2) is 8.24. The van der Waals surface area contributed by atoms with Gasteiger partial charge in [0.05, 0.1) is 19.8 Å². The summed E-state index contributed by atoms with van der Waals surface area (Å²) in [5.74, 6) is 0.467. The molecule has 0 aromatic carbocycles. The summed E-state index contributed by atoms with van der Waals surface area (Å²) in [7, 11) is 0. The molecule has 2 N–H and O–H groups in total. The Bertz CT molecular complexity index is 487. The van der Waals surface area contributed by atoms with Crippen LogP contribution in [0.2, 0.25) is 0 Å². The van der Waals surface area contributed by atoms with Crippen LogP contribution >= 0.6 is 0 Å². The van der Waals surface area contributed by atoms with Gasteiger partial charge in [-0.25, -0.2) is 4.79 Å². The van der Waals surface area contributed by atoms with E-state index in [0.29, 0.717) is 18.5 Å². The highest BCUT2D eigenvalue weighted by Crippen LogP contribution is 2.21. The van der Waals surface area contributed by atoms with Crippen molar-refractivity contribution in [3.8, 4) is 0 Å². The molecule has 0 radical (unpaired) electrons. The number of rotatable bonds is 5. The number of nitrogens with one attached hydrogen (secondary N) is 2. The van der Waals surface area contributed by atoms with E-state index >= 15 is 0 Å². The molecule has 2 atom stereocenters. The third-order valence-electron chi connectivity index (χ3n) is 4.43. The lowest BCUT2D eigenvalue weighted by molar-refractivity contribution is 0.00222. The Morgan fingerprint density at radius 1 is 1.26 bits per heavy atom. The van der Waals surface area contributed by atoms with Gasteiger partial charge in [-0.2, -0.15) is 0 Å². The summed E-state index contributed by atoms with van der Waals surface area (Å²) in [6, 6.07) is 3.64. The molecule has 2 unspecified atom stereocenters. The molecule has 23 heavy (non-hydrogen) atoms. The van der Waals surface area contributed by atoms with Gasteiger partial charge in [0.25, 0.3) is 0 Å². The molecule has 0 saturated carbocycles. The molecule has 7 nitrogen and oxygen atoms in total. The molecule has 1 aromatic rings. The summed E-state index contributed by atoms with van der Waals surface area (Å²) >= 11 is 0. The van der Waals surface area contributed by atoms with E-state index in [9.17, 15) is 4.79 Å². The zero-order valence-corrected chi connectivity index (χ0v) is 13.2. The summed E-state index contributed by atoms with van der Waals surface area (Å²) in [4.78, 5) is 18.4. The largest absolute Gasteiger partial charge is 0.381 e. The number of pyridine rings is 1. The average molecular weight is 320 g/mol. The fraction of sp³-hybridized carbons (Fsp3) is 0.625. The van der Waals surface area contributed by atoms with E-state index in [0.717, 1.165) is 51.6 Å². The molecule has 0 aliphatic carbocycles. The first-order chi connectivity index (χ1) is 11.3. The molecular formula is C16H24N4O3. The molecule has 2 saturated heterocycles. The summed E-state index contributed by atoms with van der Waals surface area (Å²) < 4.78 is 11.0. The quantitative estimate of drug-likeness (QED) is 0.844. The number of urea groups is 1. The zero-order valence-electron chi connectivity index (χ0n) is 13.2. The fourth-order valence-corrected chi connectivity index (χ4v) is 3.17. The van der Waals surface area contributed by atoms with Crippen LogP contribution in [0.4, 0.5) is 10.5 Å². The molecule has 3 rings (SSSR count). The first-order valence-electron chi connectivity index (χ1n) is 8.17. The number of amides is 2. The van der Waals surface area contributed by atoms with E-state index in [-0.39, 0.29) is 6.03 Å². The Morgan fingerprint density at radius 2 is 2.04 bits per heavy atom. The second-order valence-electron chi connectivity index (χ2n) is 5.91. The third kappa shape index (κ3) is 4.63. The van der Waals surface area contributed by atoms with Crippen molar-refractivity contribution < 1.29 is 14.3 Å². The molecule has 126 valence electrons. The van der Waals surface area contributed by atoms with Crippen LogP contribution in [0.15, 0.2) is 24.5 Å². The summed E-state index contributed by atoms with van der Waals surface area (Å²) in [5.41, 5.74) is 0.740. The van der Waals surface area contributed by atoms with Gasteiger partial charge in [-0.15, -0.1) is 0 Å². The van der Waals surface area contributed by atoms with Crippen molar-refractivity contribution in [2.24, 2.45) is 5.92 Å². The minimum Gasteiger partial charge on any atom is -0.381 e. The molecule has 7 heteroatoms. The highest BCUT2D eigenvalue weighted by Gasteiger charge is 2.31. The van der Waals surface area contributed by atoms with Crippen molar-refractivity contribution in [1.82, 2.24) is 15.2 Å². The topological polar surface area (TPSA) is 75.7 Å². The Hall–Kier alpha value is -1.70. The molecule has 2 amide bonds. The monoisotopic (exact) mass is 320 g/mol. The maximum atomic E-state index is 12.1. The number of hydrogen-bond acceptors (Lipinski definition) is 5. The van der Waals surface area contributed by atoms with Crippen molar-refractivity contribution in [2.45, 2.75) is 12.5 Å². The first kappa shape index (κ1) is 16.2. The van der Waals surface area contributed by atoms with Gasteiger partial charge in [-0.3, -0.25) is 9.88 Å². The van der Waals surface area contributed by atoms with Crippen LogP contribution in [0.25, 0.3) is 0 Å². The molecular weight excluding hydrogens is 296 g/mol. The predicted molar refractivity (Wildman–Crippen MR) is 86.4 cm³/mol. The molecule has 2 aliphatic rings. The Kier molecular flexibility index (Phi) is 5.79. The number of hydrogen-bond donors (Lipinski definition) is 2. The van der Waals surface area contributed by atoms with Gasteiger partial charge in [-0.05, 0) is 18.6 Å².